The highest BCUT2D eigenvalue weighted by Gasteiger charge is 2.05. The zero-order valence-corrected chi connectivity index (χ0v) is 11.7. The van der Waals surface area contributed by atoms with Gasteiger partial charge in [-0.1, -0.05) is 46.6 Å². The Hall–Kier alpha value is -0.890. The summed E-state index contributed by atoms with van der Waals surface area (Å²) in [4.78, 5) is 11.8. The Morgan fingerprint density at radius 2 is 2.00 bits per heavy atom. The quantitative estimate of drug-likeness (QED) is 0.502. The van der Waals surface area contributed by atoms with Crippen molar-refractivity contribution in [2.24, 2.45) is 0 Å². The summed E-state index contributed by atoms with van der Waals surface area (Å²) in [6.45, 7) is 3.69. The van der Waals surface area contributed by atoms with Crippen molar-refractivity contribution in [2.45, 2.75) is 38.5 Å². The van der Waals surface area contributed by atoms with E-state index in [1.165, 1.54) is 0 Å². The molecule has 0 N–H and O–H groups in total. The monoisotopic (exact) mass is 294 g/mol. The highest BCUT2D eigenvalue weighted by molar-refractivity contribution is 9.10. The van der Waals surface area contributed by atoms with Crippen LogP contribution in [0.1, 0.15) is 37.7 Å². The number of benzene rings is 1. The smallest absolute Gasteiger partial charge is 0.137 e. The van der Waals surface area contributed by atoms with Crippen molar-refractivity contribution in [2.75, 3.05) is 0 Å². The highest BCUT2D eigenvalue weighted by atomic mass is 79.9. The van der Waals surface area contributed by atoms with E-state index in [9.17, 15) is 4.79 Å². The lowest BCUT2D eigenvalue weighted by molar-refractivity contribution is -0.118. The largest absolute Gasteiger partial charge is 0.299 e. The zero-order valence-electron chi connectivity index (χ0n) is 10.1. The fraction of sp³-hybridized carbons (Fsp3) is 0.400. The van der Waals surface area contributed by atoms with Crippen LogP contribution in [0.15, 0.2) is 41.4 Å². The van der Waals surface area contributed by atoms with Crippen LogP contribution < -0.4 is 0 Å². The summed E-state index contributed by atoms with van der Waals surface area (Å²) in [7, 11) is 0. The number of hydrogen-bond donors (Lipinski definition) is 0. The summed E-state index contributed by atoms with van der Waals surface area (Å²) in [5, 5.41) is 0. The second-order valence-corrected chi connectivity index (χ2v) is 5.05. The Morgan fingerprint density at radius 3 is 2.71 bits per heavy atom. The van der Waals surface area contributed by atoms with E-state index >= 15 is 0 Å². The van der Waals surface area contributed by atoms with Gasteiger partial charge in [-0.2, -0.15) is 0 Å². The number of carbonyl (C=O) groups is 1. The predicted molar refractivity (Wildman–Crippen MR) is 76.1 cm³/mol. The molecule has 0 amide bonds. The van der Waals surface area contributed by atoms with E-state index < -0.39 is 0 Å². The first-order valence-electron chi connectivity index (χ1n) is 6.10. The van der Waals surface area contributed by atoms with Crippen LogP contribution in [-0.2, 0) is 11.2 Å². The van der Waals surface area contributed by atoms with Crippen molar-refractivity contribution >= 4 is 21.7 Å². The van der Waals surface area contributed by atoms with Gasteiger partial charge < -0.3 is 0 Å². The first-order valence-corrected chi connectivity index (χ1v) is 6.89. The standard InChI is InChI=1S/C15H19BrO/c1-2-3-4-5-6-10-14(17)12-13-9-7-8-11-15(13)16/h2,7-9,11H,1,3-6,10,12H2. The molecule has 0 aliphatic carbocycles. The molecule has 0 atom stereocenters. The molecule has 0 aliphatic heterocycles. The zero-order chi connectivity index (χ0) is 12.5. The minimum atomic E-state index is 0.329. The van der Waals surface area contributed by atoms with Crippen molar-refractivity contribution in [3.8, 4) is 0 Å². The van der Waals surface area contributed by atoms with E-state index in [0.717, 1.165) is 35.7 Å². The van der Waals surface area contributed by atoms with Crippen LogP contribution in [0.5, 0.6) is 0 Å². The molecular formula is C15H19BrO. The van der Waals surface area contributed by atoms with Crippen LogP contribution in [0.4, 0.5) is 0 Å². The Kier molecular flexibility index (Phi) is 6.87. The molecule has 1 nitrogen and oxygen atoms in total. The molecule has 2 heteroatoms. The Balaban J connectivity index is 2.25. The number of halogens is 1. The first kappa shape index (κ1) is 14.2. The number of allylic oxidation sites excluding steroid dienone is 1. The van der Waals surface area contributed by atoms with Gasteiger partial charge in [0.15, 0.2) is 0 Å². The van der Waals surface area contributed by atoms with E-state index in [1.807, 2.05) is 30.3 Å². The fourth-order valence-corrected chi connectivity index (χ4v) is 2.16. The molecule has 0 saturated carbocycles. The van der Waals surface area contributed by atoms with Gasteiger partial charge in [-0.3, -0.25) is 4.79 Å². The molecule has 0 fully saturated rings. The molecule has 1 aromatic carbocycles. The Morgan fingerprint density at radius 1 is 1.24 bits per heavy atom. The minimum absolute atomic E-state index is 0.329. The number of hydrogen-bond acceptors (Lipinski definition) is 1. The van der Waals surface area contributed by atoms with Gasteiger partial charge in [0.2, 0.25) is 0 Å². The molecular weight excluding hydrogens is 276 g/mol. The molecule has 92 valence electrons. The molecule has 0 aliphatic rings. The third kappa shape index (κ3) is 5.83. The Labute approximate surface area is 112 Å². The Bertz CT molecular complexity index is 371. The number of carbonyl (C=O) groups excluding carboxylic acids is 1. The summed E-state index contributed by atoms with van der Waals surface area (Å²) < 4.78 is 1.03. The van der Waals surface area contributed by atoms with Gasteiger partial charge in [0.25, 0.3) is 0 Å². The van der Waals surface area contributed by atoms with Crippen molar-refractivity contribution in [3.63, 3.8) is 0 Å². The van der Waals surface area contributed by atoms with Gasteiger partial charge in [-0.15, -0.1) is 6.58 Å². The summed E-state index contributed by atoms with van der Waals surface area (Å²) >= 11 is 3.46. The minimum Gasteiger partial charge on any atom is -0.299 e. The number of ketones is 1. The lowest BCUT2D eigenvalue weighted by Gasteiger charge is -2.03. The van der Waals surface area contributed by atoms with Crippen molar-refractivity contribution in [1.29, 1.82) is 0 Å². The summed E-state index contributed by atoms with van der Waals surface area (Å²) in [6, 6.07) is 7.91. The average molecular weight is 295 g/mol. The topological polar surface area (TPSA) is 17.1 Å². The lowest BCUT2D eigenvalue weighted by Crippen LogP contribution is -2.03. The van der Waals surface area contributed by atoms with Crippen LogP contribution in [0.25, 0.3) is 0 Å². The van der Waals surface area contributed by atoms with Gasteiger partial charge in [-0.25, -0.2) is 0 Å². The van der Waals surface area contributed by atoms with E-state index in [-0.39, 0.29) is 0 Å². The summed E-state index contributed by atoms with van der Waals surface area (Å²) in [5.41, 5.74) is 1.09. The van der Waals surface area contributed by atoms with Crippen LogP contribution in [-0.4, -0.2) is 5.78 Å². The summed E-state index contributed by atoms with van der Waals surface area (Å²) in [6.07, 6.45) is 7.49. The van der Waals surface area contributed by atoms with Gasteiger partial charge in [0.1, 0.15) is 5.78 Å². The third-order valence-electron chi connectivity index (χ3n) is 2.71. The molecule has 0 spiro atoms. The first-order chi connectivity index (χ1) is 8.24. The fourth-order valence-electron chi connectivity index (χ4n) is 1.73. The van der Waals surface area contributed by atoms with Crippen LogP contribution >= 0.6 is 15.9 Å². The van der Waals surface area contributed by atoms with Gasteiger partial charge in [0, 0.05) is 17.3 Å². The van der Waals surface area contributed by atoms with E-state index in [2.05, 4.69) is 22.5 Å². The number of unbranched alkanes of at least 4 members (excludes halogenated alkanes) is 3. The molecule has 17 heavy (non-hydrogen) atoms. The molecule has 1 rings (SSSR count). The summed E-state index contributed by atoms with van der Waals surface area (Å²) in [5.74, 6) is 0.329. The van der Waals surface area contributed by atoms with Gasteiger partial charge in [0.05, 0.1) is 0 Å². The van der Waals surface area contributed by atoms with Crippen LogP contribution in [0.2, 0.25) is 0 Å². The van der Waals surface area contributed by atoms with Crippen LogP contribution in [0, 0.1) is 0 Å². The lowest BCUT2D eigenvalue weighted by atomic mass is 10.0. The SMILES string of the molecule is C=CCCCCCC(=O)Cc1ccccc1Br. The molecule has 0 radical (unpaired) electrons. The molecule has 0 aromatic heterocycles. The molecule has 0 saturated heterocycles. The van der Waals surface area contributed by atoms with Crippen molar-refractivity contribution in [1.82, 2.24) is 0 Å². The van der Waals surface area contributed by atoms with E-state index in [4.69, 9.17) is 0 Å². The molecule has 0 heterocycles. The molecule has 1 aromatic rings. The van der Waals surface area contributed by atoms with Gasteiger partial charge >= 0.3 is 0 Å². The second kappa shape index (κ2) is 8.24. The van der Waals surface area contributed by atoms with Crippen molar-refractivity contribution < 1.29 is 4.79 Å². The normalized spacial score (nSPS) is 10.2. The molecule has 0 unspecified atom stereocenters. The van der Waals surface area contributed by atoms with E-state index in [1.54, 1.807) is 0 Å². The number of rotatable bonds is 8. The van der Waals surface area contributed by atoms with Crippen LogP contribution in [0.3, 0.4) is 0 Å². The van der Waals surface area contributed by atoms with Crippen molar-refractivity contribution in [3.05, 3.63) is 47.0 Å². The highest BCUT2D eigenvalue weighted by Crippen LogP contribution is 2.17. The maximum Gasteiger partial charge on any atom is 0.137 e. The van der Waals surface area contributed by atoms with Gasteiger partial charge in [-0.05, 0) is 30.9 Å². The second-order valence-electron chi connectivity index (χ2n) is 4.19. The average Bonchev–Trinajstić information content (AvgIpc) is 2.32. The maximum atomic E-state index is 11.8. The molecule has 0 bridgehead atoms. The number of Topliss-reactive ketones (excluding diaryl/α,β-unsaturated/α-hetero) is 1. The predicted octanol–water partition coefficient (Wildman–Crippen LogP) is 4.70. The maximum absolute atomic E-state index is 11.8. The third-order valence-corrected chi connectivity index (χ3v) is 3.48. The van der Waals surface area contributed by atoms with E-state index in [0.29, 0.717) is 18.6 Å².